The number of hydrogen-bond acceptors (Lipinski definition) is 5. The molecule has 1 saturated heterocycles. The molecule has 1 aromatic heterocycles. The van der Waals surface area contributed by atoms with Gasteiger partial charge in [-0.05, 0) is 19.4 Å². The molecule has 0 spiro atoms. The van der Waals surface area contributed by atoms with E-state index in [0.29, 0.717) is 19.8 Å². The fraction of sp³-hybridized carbons (Fsp3) is 0.524. The average Bonchev–Trinajstić information content (AvgIpc) is 3.13. The van der Waals surface area contributed by atoms with Gasteiger partial charge in [0.25, 0.3) is 0 Å². The molecule has 0 amide bonds. The predicted octanol–water partition coefficient (Wildman–Crippen LogP) is 2.90. The summed E-state index contributed by atoms with van der Waals surface area (Å²) in [5, 5.41) is 7.50. The Balaban J connectivity index is 0.00000300. The lowest BCUT2D eigenvalue weighted by Crippen LogP contribution is -2.52. The van der Waals surface area contributed by atoms with E-state index in [9.17, 15) is 0 Å². The number of aliphatic imine (C=N–C) groups is 1. The third-order valence-electron chi connectivity index (χ3n) is 4.68. The maximum atomic E-state index is 5.74. The maximum absolute atomic E-state index is 5.74. The summed E-state index contributed by atoms with van der Waals surface area (Å²) in [4.78, 5) is 9.47. The molecule has 7 nitrogen and oxygen atoms in total. The Labute approximate surface area is 190 Å². The molecule has 1 N–H and O–H groups in total. The number of aromatic nitrogens is 1. The number of halogens is 1. The topological polar surface area (TPSA) is 66.1 Å². The third-order valence-corrected chi connectivity index (χ3v) is 4.68. The summed E-state index contributed by atoms with van der Waals surface area (Å²) < 4.78 is 10.9. The highest BCUT2D eigenvalue weighted by Crippen LogP contribution is 2.09. The minimum atomic E-state index is 0. The van der Waals surface area contributed by atoms with Gasteiger partial charge in [0.2, 0.25) is 0 Å². The quantitative estimate of drug-likeness (QED) is 0.254. The lowest BCUT2D eigenvalue weighted by Gasteiger charge is -2.36. The molecule has 0 aliphatic carbocycles. The highest BCUT2D eigenvalue weighted by atomic mass is 127. The number of nitrogens with zero attached hydrogens (tertiary/aromatic N) is 4. The van der Waals surface area contributed by atoms with E-state index < -0.39 is 0 Å². The second-order valence-electron chi connectivity index (χ2n) is 6.97. The molecule has 160 valence electrons. The van der Waals surface area contributed by atoms with Crippen molar-refractivity contribution < 1.29 is 9.26 Å². The van der Waals surface area contributed by atoms with Gasteiger partial charge in [-0.2, -0.15) is 0 Å². The van der Waals surface area contributed by atoms with E-state index >= 15 is 0 Å². The maximum Gasteiger partial charge on any atom is 0.194 e. The number of guanidine groups is 1. The lowest BCUT2D eigenvalue weighted by molar-refractivity contribution is 0.127. The van der Waals surface area contributed by atoms with Crippen molar-refractivity contribution in [2.75, 3.05) is 45.9 Å². The van der Waals surface area contributed by atoms with Gasteiger partial charge >= 0.3 is 0 Å². The van der Waals surface area contributed by atoms with Crippen LogP contribution in [-0.4, -0.2) is 66.8 Å². The fourth-order valence-electron chi connectivity index (χ4n) is 3.25. The Hall–Kier alpha value is -1.65. The summed E-state index contributed by atoms with van der Waals surface area (Å²) >= 11 is 0. The van der Waals surface area contributed by atoms with Gasteiger partial charge in [0.1, 0.15) is 5.76 Å². The number of rotatable bonds is 8. The van der Waals surface area contributed by atoms with Gasteiger partial charge in [-0.15, -0.1) is 24.0 Å². The minimum Gasteiger partial charge on any atom is -0.375 e. The zero-order valence-corrected chi connectivity index (χ0v) is 19.7. The Morgan fingerprint density at radius 2 is 1.97 bits per heavy atom. The van der Waals surface area contributed by atoms with Crippen LogP contribution in [0.2, 0.25) is 0 Å². The Morgan fingerprint density at radius 3 is 2.62 bits per heavy atom. The molecule has 3 rings (SSSR count). The number of benzene rings is 1. The smallest absolute Gasteiger partial charge is 0.194 e. The summed E-state index contributed by atoms with van der Waals surface area (Å²) in [6, 6.07) is 12.2. The van der Waals surface area contributed by atoms with E-state index in [1.165, 1.54) is 5.56 Å². The largest absolute Gasteiger partial charge is 0.375 e. The standard InChI is InChI=1S/C21H31N5O2.HI/c1-3-22-21(23-9-14-27-17-19-7-5-4-6-8-19)26-12-10-25(11-13-26)16-20-15-18(2)28-24-20;/h4-8,15H,3,9-14,16-17H2,1-2H3,(H,22,23);1H. The molecule has 1 aromatic carbocycles. The number of aryl methyl sites for hydroxylation is 1. The minimum absolute atomic E-state index is 0. The van der Waals surface area contributed by atoms with Crippen molar-refractivity contribution in [3.05, 3.63) is 53.4 Å². The average molecular weight is 513 g/mol. The van der Waals surface area contributed by atoms with Crippen LogP contribution in [0.4, 0.5) is 0 Å². The Morgan fingerprint density at radius 1 is 1.21 bits per heavy atom. The zero-order chi connectivity index (χ0) is 19.6. The monoisotopic (exact) mass is 513 g/mol. The van der Waals surface area contributed by atoms with Gasteiger partial charge in [-0.3, -0.25) is 9.89 Å². The summed E-state index contributed by atoms with van der Waals surface area (Å²) in [7, 11) is 0. The first kappa shape index (κ1) is 23.6. The third kappa shape index (κ3) is 7.94. The van der Waals surface area contributed by atoms with E-state index in [1.54, 1.807) is 0 Å². The van der Waals surface area contributed by atoms with E-state index in [1.807, 2.05) is 31.2 Å². The SMILES string of the molecule is CCNC(=NCCOCc1ccccc1)N1CCN(Cc2cc(C)on2)CC1.I. The molecular weight excluding hydrogens is 481 g/mol. The zero-order valence-electron chi connectivity index (χ0n) is 17.3. The molecule has 2 aromatic rings. The second-order valence-corrected chi connectivity index (χ2v) is 6.97. The van der Waals surface area contributed by atoms with Gasteiger partial charge in [0.05, 0.1) is 25.5 Å². The molecule has 0 bridgehead atoms. The van der Waals surface area contributed by atoms with E-state index in [-0.39, 0.29) is 24.0 Å². The van der Waals surface area contributed by atoms with E-state index in [2.05, 4.69) is 39.3 Å². The molecular formula is C21H32IN5O2. The number of ether oxygens (including phenoxy) is 1. The van der Waals surface area contributed by atoms with Crippen LogP contribution in [0.3, 0.4) is 0 Å². The van der Waals surface area contributed by atoms with Crippen LogP contribution in [0.1, 0.15) is 23.9 Å². The van der Waals surface area contributed by atoms with Crippen molar-refractivity contribution in [1.82, 2.24) is 20.3 Å². The van der Waals surface area contributed by atoms with E-state index in [4.69, 9.17) is 14.3 Å². The molecule has 0 atom stereocenters. The second kappa shape index (κ2) is 12.8. The van der Waals surface area contributed by atoms with Gasteiger partial charge < -0.3 is 19.5 Å². The normalized spacial score (nSPS) is 15.2. The molecule has 1 aliphatic heterocycles. The Kier molecular flexibility index (Phi) is 10.4. The summed E-state index contributed by atoms with van der Waals surface area (Å²) in [6.45, 7) is 11.5. The van der Waals surface area contributed by atoms with Crippen molar-refractivity contribution in [3.8, 4) is 0 Å². The van der Waals surface area contributed by atoms with Crippen LogP contribution >= 0.6 is 24.0 Å². The van der Waals surface area contributed by atoms with Crippen molar-refractivity contribution in [1.29, 1.82) is 0 Å². The number of nitrogens with one attached hydrogen (secondary N) is 1. The fourth-order valence-corrected chi connectivity index (χ4v) is 3.25. The van der Waals surface area contributed by atoms with Gasteiger partial charge in [0, 0.05) is 45.3 Å². The molecule has 2 heterocycles. The first-order chi connectivity index (χ1) is 13.7. The van der Waals surface area contributed by atoms with Crippen molar-refractivity contribution in [2.45, 2.75) is 27.0 Å². The van der Waals surface area contributed by atoms with Crippen LogP contribution in [-0.2, 0) is 17.9 Å². The summed E-state index contributed by atoms with van der Waals surface area (Å²) in [5.41, 5.74) is 2.19. The highest BCUT2D eigenvalue weighted by Gasteiger charge is 2.20. The molecule has 1 aliphatic rings. The van der Waals surface area contributed by atoms with E-state index in [0.717, 1.165) is 56.7 Å². The summed E-state index contributed by atoms with van der Waals surface area (Å²) in [6.07, 6.45) is 0. The molecule has 8 heteroatoms. The Bertz CT molecular complexity index is 730. The number of piperazine rings is 1. The van der Waals surface area contributed by atoms with Gasteiger partial charge in [-0.25, -0.2) is 0 Å². The van der Waals surface area contributed by atoms with Gasteiger partial charge in [-0.1, -0.05) is 35.5 Å². The molecule has 1 fully saturated rings. The van der Waals surface area contributed by atoms with Crippen molar-refractivity contribution in [3.63, 3.8) is 0 Å². The van der Waals surface area contributed by atoms with Crippen LogP contribution in [0.15, 0.2) is 45.9 Å². The van der Waals surface area contributed by atoms with Crippen LogP contribution < -0.4 is 5.32 Å². The van der Waals surface area contributed by atoms with Gasteiger partial charge in [0.15, 0.2) is 5.96 Å². The highest BCUT2D eigenvalue weighted by molar-refractivity contribution is 14.0. The first-order valence-electron chi connectivity index (χ1n) is 10.0. The molecule has 0 saturated carbocycles. The molecule has 29 heavy (non-hydrogen) atoms. The van der Waals surface area contributed by atoms with Crippen molar-refractivity contribution >= 4 is 29.9 Å². The number of hydrogen-bond donors (Lipinski definition) is 1. The summed E-state index contributed by atoms with van der Waals surface area (Å²) in [5.74, 6) is 1.84. The van der Waals surface area contributed by atoms with Crippen LogP contribution in [0, 0.1) is 6.92 Å². The lowest BCUT2D eigenvalue weighted by atomic mass is 10.2. The molecule has 0 radical (unpaired) electrons. The predicted molar refractivity (Wildman–Crippen MR) is 126 cm³/mol. The van der Waals surface area contributed by atoms with Crippen LogP contribution in [0.25, 0.3) is 0 Å². The molecule has 0 unspecified atom stereocenters. The van der Waals surface area contributed by atoms with Crippen molar-refractivity contribution in [2.24, 2.45) is 4.99 Å². The van der Waals surface area contributed by atoms with Crippen LogP contribution in [0.5, 0.6) is 0 Å². The first-order valence-corrected chi connectivity index (χ1v) is 10.0.